The van der Waals surface area contributed by atoms with Gasteiger partial charge in [-0.2, -0.15) is 0 Å². The quantitative estimate of drug-likeness (QED) is 0.241. The highest BCUT2D eigenvalue weighted by Gasteiger charge is 2.25. The average molecular weight is 528 g/mol. The number of carbonyl (C=O) groups excluding carboxylic acids is 1. The second-order valence-electron chi connectivity index (χ2n) is 9.80. The summed E-state index contributed by atoms with van der Waals surface area (Å²) >= 11 is 0. The number of anilines is 1. The number of rotatable bonds is 7. The SMILES string of the molecule is C/C=C\N=C(/C1=C(c2cccc(C)c2)N=C(c2cccc(C)c2)C1)c1cccc(C(=O)Nc2ccc(F)cc2)c1. The van der Waals surface area contributed by atoms with Crippen LogP contribution in [-0.4, -0.2) is 17.3 Å². The van der Waals surface area contributed by atoms with Crippen molar-refractivity contribution in [1.82, 2.24) is 0 Å². The summed E-state index contributed by atoms with van der Waals surface area (Å²) in [5.41, 5.74) is 9.86. The second-order valence-corrected chi connectivity index (χ2v) is 9.80. The summed E-state index contributed by atoms with van der Waals surface area (Å²) in [6.45, 7) is 6.07. The van der Waals surface area contributed by atoms with Crippen LogP contribution in [0.3, 0.4) is 0 Å². The van der Waals surface area contributed by atoms with E-state index in [1.54, 1.807) is 12.3 Å². The topological polar surface area (TPSA) is 53.8 Å². The third-order valence-corrected chi connectivity index (χ3v) is 6.66. The van der Waals surface area contributed by atoms with E-state index in [0.29, 0.717) is 17.7 Å². The number of benzene rings is 4. The molecular formula is C35H30FN3O. The fraction of sp³-hybridized carbons (Fsp3) is 0.114. The fourth-order valence-electron chi connectivity index (χ4n) is 4.73. The highest BCUT2D eigenvalue weighted by atomic mass is 19.1. The highest BCUT2D eigenvalue weighted by molar-refractivity contribution is 6.24. The van der Waals surface area contributed by atoms with Crippen LogP contribution in [0.1, 0.15) is 51.5 Å². The fourth-order valence-corrected chi connectivity index (χ4v) is 4.73. The van der Waals surface area contributed by atoms with E-state index in [1.807, 2.05) is 37.3 Å². The normalized spacial score (nSPS) is 13.6. The smallest absolute Gasteiger partial charge is 0.255 e. The van der Waals surface area contributed by atoms with Crippen LogP contribution < -0.4 is 5.32 Å². The van der Waals surface area contributed by atoms with Gasteiger partial charge in [-0.15, -0.1) is 0 Å². The molecule has 1 amide bonds. The zero-order valence-corrected chi connectivity index (χ0v) is 22.8. The van der Waals surface area contributed by atoms with Crippen molar-refractivity contribution >= 4 is 28.7 Å². The number of carbonyl (C=O) groups is 1. The number of halogens is 1. The summed E-state index contributed by atoms with van der Waals surface area (Å²) in [6.07, 6.45) is 4.26. The molecule has 0 unspecified atom stereocenters. The Balaban J connectivity index is 1.57. The first-order valence-corrected chi connectivity index (χ1v) is 13.2. The molecular weight excluding hydrogens is 497 g/mol. The van der Waals surface area contributed by atoms with Gasteiger partial charge in [0.25, 0.3) is 5.91 Å². The van der Waals surface area contributed by atoms with Crippen LogP contribution in [0.4, 0.5) is 10.1 Å². The van der Waals surface area contributed by atoms with Crippen LogP contribution in [0, 0.1) is 19.7 Å². The maximum Gasteiger partial charge on any atom is 0.255 e. The maximum absolute atomic E-state index is 13.3. The van der Waals surface area contributed by atoms with E-state index in [2.05, 4.69) is 61.6 Å². The van der Waals surface area contributed by atoms with Gasteiger partial charge in [0.05, 0.1) is 17.1 Å². The molecule has 4 aromatic carbocycles. The molecule has 0 saturated carbocycles. The average Bonchev–Trinajstić information content (AvgIpc) is 3.40. The Labute approximate surface area is 234 Å². The van der Waals surface area contributed by atoms with E-state index >= 15 is 0 Å². The van der Waals surface area contributed by atoms with Crippen LogP contribution in [0.5, 0.6) is 0 Å². The molecule has 0 aromatic heterocycles. The number of nitrogens with zero attached hydrogens (tertiary/aromatic N) is 2. The number of hydrogen-bond donors (Lipinski definition) is 1. The Morgan fingerprint density at radius 3 is 2.20 bits per heavy atom. The van der Waals surface area contributed by atoms with E-state index in [-0.39, 0.29) is 11.7 Å². The number of nitrogens with one attached hydrogen (secondary N) is 1. The number of amides is 1. The molecule has 0 aliphatic carbocycles. The van der Waals surface area contributed by atoms with E-state index in [9.17, 15) is 9.18 Å². The van der Waals surface area contributed by atoms with E-state index in [1.165, 1.54) is 29.8 Å². The van der Waals surface area contributed by atoms with Gasteiger partial charge in [-0.3, -0.25) is 14.8 Å². The van der Waals surface area contributed by atoms with Crippen molar-refractivity contribution in [3.8, 4) is 0 Å². The number of hydrogen-bond acceptors (Lipinski definition) is 3. The Morgan fingerprint density at radius 1 is 0.850 bits per heavy atom. The molecule has 0 fully saturated rings. The van der Waals surface area contributed by atoms with Crippen LogP contribution in [0.15, 0.2) is 125 Å². The molecule has 1 aliphatic heterocycles. The largest absolute Gasteiger partial charge is 0.322 e. The van der Waals surface area contributed by atoms with Crippen molar-refractivity contribution in [3.63, 3.8) is 0 Å². The molecule has 4 nitrogen and oxygen atoms in total. The maximum atomic E-state index is 13.3. The molecule has 5 rings (SSSR count). The lowest BCUT2D eigenvalue weighted by atomic mass is 9.93. The Hall–Kier alpha value is -4.90. The first-order chi connectivity index (χ1) is 19.4. The number of allylic oxidation sites excluding steroid dienone is 2. The predicted molar refractivity (Wildman–Crippen MR) is 163 cm³/mol. The minimum atomic E-state index is -0.355. The highest BCUT2D eigenvalue weighted by Crippen LogP contribution is 2.34. The van der Waals surface area contributed by atoms with Gasteiger partial charge in [-0.1, -0.05) is 71.8 Å². The molecule has 0 bridgehead atoms. The molecule has 0 radical (unpaired) electrons. The summed E-state index contributed by atoms with van der Waals surface area (Å²) in [5, 5.41) is 2.84. The van der Waals surface area contributed by atoms with Gasteiger partial charge in [0, 0.05) is 40.6 Å². The molecule has 0 spiro atoms. The van der Waals surface area contributed by atoms with Gasteiger partial charge in [0.1, 0.15) is 5.82 Å². The van der Waals surface area contributed by atoms with E-state index in [0.717, 1.165) is 44.9 Å². The van der Waals surface area contributed by atoms with Crippen molar-refractivity contribution in [1.29, 1.82) is 0 Å². The monoisotopic (exact) mass is 527 g/mol. The number of aliphatic imine (C=N–C) groups is 2. The van der Waals surface area contributed by atoms with Gasteiger partial charge >= 0.3 is 0 Å². The summed E-state index contributed by atoms with van der Waals surface area (Å²) in [6, 6.07) is 29.8. The van der Waals surface area contributed by atoms with Crippen molar-refractivity contribution in [2.24, 2.45) is 9.98 Å². The van der Waals surface area contributed by atoms with E-state index < -0.39 is 0 Å². The van der Waals surface area contributed by atoms with Gasteiger partial charge in [0.15, 0.2) is 0 Å². The third kappa shape index (κ3) is 6.05. The van der Waals surface area contributed by atoms with Crippen LogP contribution in [0.25, 0.3) is 5.70 Å². The molecule has 0 saturated heterocycles. The third-order valence-electron chi connectivity index (χ3n) is 6.66. The van der Waals surface area contributed by atoms with Crippen molar-refractivity contribution in [2.75, 3.05) is 5.32 Å². The minimum absolute atomic E-state index is 0.283. The van der Waals surface area contributed by atoms with Crippen LogP contribution in [0.2, 0.25) is 0 Å². The van der Waals surface area contributed by atoms with Gasteiger partial charge in [-0.25, -0.2) is 4.39 Å². The van der Waals surface area contributed by atoms with Gasteiger partial charge in [0.2, 0.25) is 0 Å². The lowest BCUT2D eigenvalue weighted by Crippen LogP contribution is -2.14. The summed E-state index contributed by atoms with van der Waals surface area (Å²) < 4.78 is 13.3. The molecule has 40 heavy (non-hydrogen) atoms. The Morgan fingerprint density at radius 2 is 1.50 bits per heavy atom. The summed E-state index contributed by atoms with van der Waals surface area (Å²) in [4.78, 5) is 23.1. The predicted octanol–water partition coefficient (Wildman–Crippen LogP) is 8.32. The second kappa shape index (κ2) is 11.9. The standard InChI is InChI=1S/C35H30FN3O/c1-4-18-37-33(27-12-7-13-28(21-27)35(40)38-30-16-14-29(36)15-17-30)31-22-32(25-10-5-8-23(2)19-25)39-34(31)26-11-6-9-24(3)20-26/h4-21H,22H2,1-3H3,(H,38,40)/b18-4-,37-33-. The van der Waals surface area contributed by atoms with Gasteiger partial charge in [-0.05, 0) is 68.8 Å². The van der Waals surface area contributed by atoms with Crippen molar-refractivity contribution in [3.05, 3.63) is 154 Å². The van der Waals surface area contributed by atoms with Crippen LogP contribution >= 0.6 is 0 Å². The molecule has 198 valence electrons. The summed E-state index contributed by atoms with van der Waals surface area (Å²) in [7, 11) is 0. The molecule has 0 atom stereocenters. The number of aryl methyl sites for hydroxylation is 2. The van der Waals surface area contributed by atoms with Crippen LogP contribution in [-0.2, 0) is 0 Å². The summed E-state index contributed by atoms with van der Waals surface area (Å²) in [5.74, 6) is -0.638. The molecule has 1 aliphatic rings. The lowest BCUT2D eigenvalue weighted by Gasteiger charge is -2.13. The van der Waals surface area contributed by atoms with Gasteiger partial charge < -0.3 is 5.32 Å². The first kappa shape index (κ1) is 26.7. The molecule has 1 heterocycles. The Kier molecular flexibility index (Phi) is 7.92. The minimum Gasteiger partial charge on any atom is -0.322 e. The van der Waals surface area contributed by atoms with E-state index in [4.69, 9.17) is 9.98 Å². The van der Waals surface area contributed by atoms with Crippen molar-refractivity contribution < 1.29 is 9.18 Å². The zero-order chi connectivity index (χ0) is 28.1. The Bertz CT molecular complexity index is 1690. The zero-order valence-electron chi connectivity index (χ0n) is 22.8. The molecule has 5 heteroatoms. The molecule has 4 aromatic rings. The van der Waals surface area contributed by atoms with Crippen molar-refractivity contribution in [2.45, 2.75) is 27.2 Å². The lowest BCUT2D eigenvalue weighted by molar-refractivity contribution is 0.102. The molecule has 1 N–H and O–H groups in total. The first-order valence-electron chi connectivity index (χ1n) is 13.2.